The van der Waals surface area contributed by atoms with Gasteiger partial charge in [-0.2, -0.15) is 11.8 Å². The lowest BCUT2D eigenvalue weighted by Crippen LogP contribution is -2.18. The molecule has 0 amide bonds. The van der Waals surface area contributed by atoms with Crippen LogP contribution < -0.4 is 5.32 Å². The van der Waals surface area contributed by atoms with Gasteiger partial charge in [0.15, 0.2) is 0 Å². The van der Waals surface area contributed by atoms with Gasteiger partial charge in [-0.1, -0.05) is 6.92 Å². The Labute approximate surface area is 85.5 Å². The van der Waals surface area contributed by atoms with E-state index in [0.29, 0.717) is 11.9 Å². The summed E-state index contributed by atoms with van der Waals surface area (Å²) in [7, 11) is 0. The third kappa shape index (κ3) is 6.36. The Kier molecular flexibility index (Phi) is 5.83. The van der Waals surface area contributed by atoms with Gasteiger partial charge < -0.3 is 10.4 Å². The maximum absolute atomic E-state index is 8.69. The normalized spacial score (nSPS) is 18.9. The van der Waals surface area contributed by atoms with Gasteiger partial charge >= 0.3 is 0 Å². The van der Waals surface area contributed by atoms with E-state index in [1.54, 1.807) is 0 Å². The van der Waals surface area contributed by atoms with Crippen LogP contribution in [0.4, 0.5) is 0 Å². The molecule has 0 aliphatic heterocycles. The molecule has 0 radical (unpaired) electrons. The average molecular weight is 203 g/mol. The molecule has 1 aliphatic carbocycles. The van der Waals surface area contributed by atoms with E-state index in [-0.39, 0.29) is 0 Å². The summed E-state index contributed by atoms with van der Waals surface area (Å²) in [5.74, 6) is 1.22. The molecule has 1 aliphatic rings. The zero-order chi connectivity index (χ0) is 9.52. The van der Waals surface area contributed by atoms with E-state index in [1.807, 2.05) is 11.8 Å². The highest BCUT2D eigenvalue weighted by molar-refractivity contribution is 7.99. The van der Waals surface area contributed by atoms with Gasteiger partial charge in [0.05, 0.1) is 0 Å². The van der Waals surface area contributed by atoms with Crippen LogP contribution in [0.2, 0.25) is 0 Å². The molecule has 1 unspecified atom stereocenters. The molecule has 0 heterocycles. The van der Waals surface area contributed by atoms with Crippen molar-refractivity contribution in [2.45, 2.75) is 43.9 Å². The van der Waals surface area contributed by atoms with Crippen LogP contribution in [0.5, 0.6) is 0 Å². The highest BCUT2D eigenvalue weighted by Gasteiger charge is 2.19. The molecule has 2 N–H and O–H groups in total. The molecule has 0 aromatic heterocycles. The fourth-order valence-electron chi connectivity index (χ4n) is 1.22. The second kappa shape index (κ2) is 6.68. The first-order valence-corrected chi connectivity index (χ1v) is 6.33. The molecule has 0 aromatic rings. The molecule has 1 saturated carbocycles. The predicted octanol–water partition coefficient (Wildman–Crippen LogP) is 1.63. The van der Waals surface area contributed by atoms with Crippen molar-refractivity contribution in [1.82, 2.24) is 5.32 Å². The van der Waals surface area contributed by atoms with Crippen LogP contribution in [0, 0.1) is 0 Å². The van der Waals surface area contributed by atoms with Gasteiger partial charge in [-0.05, 0) is 38.0 Å². The van der Waals surface area contributed by atoms with Crippen molar-refractivity contribution in [2.24, 2.45) is 0 Å². The molecule has 0 spiro atoms. The Bertz CT molecular complexity index is 128. The Morgan fingerprint density at radius 1 is 1.54 bits per heavy atom. The molecule has 1 atom stereocenters. The largest absolute Gasteiger partial charge is 0.396 e. The van der Waals surface area contributed by atoms with Crippen LogP contribution in [0.15, 0.2) is 0 Å². The third-order valence-electron chi connectivity index (χ3n) is 2.27. The predicted molar refractivity (Wildman–Crippen MR) is 59.3 cm³/mol. The number of hydrogen-bond acceptors (Lipinski definition) is 3. The molecule has 0 bridgehead atoms. The molecule has 0 aromatic carbocycles. The minimum atomic E-state index is 0.328. The smallest absolute Gasteiger partial charge is 0.0441 e. The number of aliphatic hydroxyl groups is 1. The molecular formula is C10H21NOS. The highest BCUT2D eigenvalue weighted by Crippen LogP contribution is 2.19. The van der Waals surface area contributed by atoms with Crippen molar-refractivity contribution in [3.05, 3.63) is 0 Å². The minimum Gasteiger partial charge on any atom is -0.396 e. The van der Waals surface area contributed by atoms with Crippen LogP contribution >= 0.6 is 11.8 Å². The summed E-state index contributed by atoms with van der Waals surface area (Å²) in [5.41, 5.74) is 0. The molecule has 2 nitrogen and oxygen atoms in total. The number of nitrogens with one attached hydrogen (secondary N) is 1. The van der Waals surface area contributed by atoms with E-state index in [2.05, 4.69) is 12.2 Å². The van der Waals surface area contributed by atoms with E-state index >= 15 is 0 Å². The third-order valence-corrected chi connectivity index (χ3v) is 3.60. The monoisotopic (exact) mass is 203 g/mol. The van der Waals surface area contributed by atoms with Gasteiger partial charge in [0.1, 0.15) is 0 Å². The molecule has 13 heavy (non-hydrogen) atoms. The second-order valence-electron chi connectivity index (χ2n) is 3.78. The Hall–Kier alpha value is 0.270. The van der Waals surface area contributed by atoms with Crippen LogP contribution in [-0.2, 0) is 0 Å². The minimum absolute atomic E-state index is 0.328. The topological polar surface area (TPSA) is 32.3 Å². The zero-order valence-corrected chi connectivity index (χ0v) is 9.28. The van der Waals surface area contributed by atoms with E-state index < -0.39 is 0 Å². The van der Waals surface area contributed by atoms with Crippen LogP contribution in [0.1, 0.15) is 32.6 Å². The summed E-state index contributed by atoms with van der Waals surface area (Å²) in [5, 5.41) is 12.8. The number of rotatable bonds is 8. The standard InChI is InChI=1S/C10H21NOS/c1-9(5-7-12)13-8-2-6-11-10-3-4-10/h9-12H,2-8H2,1H3. The van der Waals surface area contributed by atoms with Crippen molar-refractivity contribution >= 4 is 11.8 Å². The Morgan fingerprint density at radius 3 is 2.92 bits per heavy atom. The quantitative estimate of drug-likeness (QED) is 0.588. The average Bonchev–Trinajstić information content (AvgIpc) is 2.88. The zero-order valence-electron chi connectivity index (χ0n) is 8.46. The summed E-state index contributed by atoms with van der Waals surface area (Å²) in [6.45, 7) is 3.69. The maximum atomic E-state index is 8.69. The van der Waals surface area contributed by atoms with Crippen LogP contribution in [-0.4, -0.2) is 35.3 Å². The van der Waals surface area contributed by atoms with Gasteiger partial charge in [-0.15, -0.1) is 0 Å². The summed E-state index contributed by atoms with van der Waals surface area (Å²) in [6, 6.07) is 0.847. The SMILES string of the molecule is CC(CCO)SCCCNC1CC1. The molecule has 3 heteroatoms. The molecular weight excluding hydrogens is 182 g/mol. The van der Waals surface area contributed by atoms with Crippen LogP contribution in [0.25, 0.3) is 0 Å². The summed E-state index contributed by atoms with van der Waals surface area (Å²) < 4.78 is 0. The number of hydrogen-bond donors (Lipinski definition) is 2. The molecule has 1 rings (SSSR count). The van der Waals surface area contributed by atoms with Crippen molar-refractivity contribution in [1.29, 1.82) is 0 Å². The van der Waals surface area contributed by atoms with E-state index in [9.17, 15) is 0 Å². The van der Waals surface area contributed by atoms with E-state index in [4.69, 9.17) is 5.11 Å². The van der Waals surface area contributed by atoms with Gasteiger partial charge in [-0.3, -0.25) is 0 Å². The molecule has 0 saturated heterocycles. The van der Waals surface area contributed by atoms with Gasteiger partial charge in [0.25, 0.3) is 0 Å². The van der Waals surface area contributed by atoms with Crippen molar-refractivity contribution in [2.75, 3.05) is 18.9 Å². The number of aliphatic hydroxyl groups excluding tert-OH is 1. The summed E-state index contributed by atoms with van der Waals surface area (Å²) in [4.78, 5) is 0. The van der Waals surface area contributed by atoms with Crippen molar-refractivity contribution in [3.63, 3.8) is 0 Å². The first-order valence-electron chi connectivity index (χ1n) is 5.28. The van der Waals surface area contributed by atoms with E-state index in [0.717, 1.165) is 12.5 Å². The Balaban J connectivity index is 1.76. The molecule has 78 valence electrons. The Morgan fingerprint density at radius 2 is 2.31 bits per heavy atom. The lowest BCUT2D eigenvalue weighted by Gasteiger charge is -2.08. The van der Waals surface area contributed by atoms with Crippen molar-refractivity contribution in [3.8, 4) is 0 Å². The lowest BCUT2D eigenvalue weighted by atomic mass is 10.3. The second-order valence-corrected chi connectivity index (χ2v) is 5.32. The first-order chi connectivity index (χ1) is 6.33. The van der Waals surface area contributed by atoms with Gasteiger partial charge in [0, 0.05) is 17.9 Å². The first kappa shape index (κ1) is 11.3. The van der Waals surface area contributed by atoms with Gasteiger partial charge in [0.2, 0.25) is 0 Å². The fourth-order valence-corrected chi connectivity index (χ4v) is 2.20. The summed E-state index contributed by atoms with van der Waals surface area (Å²) in [6.07, 6.45) is 4.96. The van der Waals surface area contributed by atoms with Crippen molar-refractivity contribution < 1.29 is 5.11 Å². The summed E-state index contributed by atoms with van der Waals surface area (Å²) >= 11 is 1.97. The maximum Gasteiger partial charge on any atom is 0.0441 e. The van der Waals surface area contributed by atoms with E-state index in [1.165, 1.54) is 31.6 Å². The van der Waals surface area contributed by atoms with Gasteiger partial charge in [-0.25, -0.2) is 0 Å². The highest BCUT2D eigenvalue weighted by atomic mass is 32.2. The lowest BCUT2D eigenvalue weighted by molar-refractivity contribution is 0.289. The molecule has 1 fully saturated rings. The fraction of sp³-hybridized carbons (Fsp3) is 1.00. The van der Waals surface area contributed by atoms with Crippen LogP contribution in [0.3, 0.4) is 0 Å². The number of thioether (sulfide) groups is 1.